The first kappa shape index (κ1) is 19.2. The number of rotatable bonds is 7. The molecule has 0 atom stereocenters. The van der Waals surface area contributed by atoms with Gasteiger partial charge in [-0.1, -0.05) is 18.2 Å². The second-order valence-corrected chi connectivity index (χ2v) is 6.65. The molecule has 0 unspecified atom stereocenters. The average Bonchev–Trinajstić information content (AvgIpc) is 2.67. The number of phenols is 1. The number of ether oxygens (including phenoxy) is 2. The molecule has 27 heavy (non-hydrogen) atoms. The van der Waals surface area contributed by atoms with Crippen molar-refractivity contribution in [2.75, 3.05) is 39.5 Å². The topological polar surface area (TPSA) is 71.0 Å². The van der Waals surface area contributed by atoms with Crippen molar-refractivity contribution in [3.63, 3.8) is 0 Å². The molecule has 0 saturated carbocycles. The number of hydrogen-bond donors (Lipinski definition) is 2. The normalized spacial score (nSPS) is 14.7. The summed E-state index contributed by atoms with van der Waals surface area (Å²) >= 11 is 0. The molecular formula is C21H26N2O4. The van der Waals surface area contributed by atoms with Gasteiger partial charge in [0, 0.05) is 26.2 Å². The van der Waals surface area contributed by atoms with Crippen LogP contribution in [0.3, 0.4) is 0 Å². The van der Waals surface area contributed by atoms with Gasteiger partial charge in [-0.25, -0.2) is 0 Å². The summed E-state index contributed by atoms with van der Waals surface area (Å²) in [5, 5.41) is 12.7. The maximum Gasteiger partial charge on any atom is 0.255 e. The monoisotopic (exact) mass is 370 g/mol. The van der Waals surface area contributed by atoms with E-state index >= 15 is 0 Å². The minimum atomic E-state index is -0.300. The van der Waals surface area contributed by atoms with Gasteiger partial charge in [-0.3, -0.25) is 9.69 Å². The fourth-order valence-electron chi connectivity index (χ4n) is 2.97. The third-order valence-corrected chi connectivity index (χ3v) is 4.53. The van der Waals surface area contributed by atoms with Crippen LogP contribution in [0.2, 0.25) is 0 Å². The third-order valence-electron chi connectivity index (χ3n) is 4.53. The van der Waals surface area contributed by atoms with Gasteiger partial charge in [0.25, 0.3) is 5.91 Å². The lowest BCUT2D eigenvalue weighted by Crippen LogP contribution is -2.38. The number of nitrogens with zero attached hydrogens (tertiary/aromatic N) is 1. The molecule has 1 amide bonds. The highest BCUT2D eigenvalue weighted by Gasteiger charge is 2.11. The SMILES string of the molecule is Cc1ccc(C(=O)NCc2cccc(OCCN3CCOCC3)c2)c(O)c1. The van der Waals surface area contributed by atoms with Crippen LogP contribution >= 0.6 is 0 Å². The molecule has 1 saturated heterocycles. The van der Waals surface area contributed by atoms with E-state index < -0.39 is 0 Å². The highest BCUT2D eigenvalue weighted by atomic mass is 16.5. The Balaban J connectivity index is 1.49. The van der Waals surface area contributed by atoms with Gasteiger partial charge in [0.1, 0.15) is 18.1 Å². The Bertz CT molecular complexity index is 773. The van der Waals surface area contributed by atoms with E-state index in [1.165, 1.54) is 0 Å². The zero-order chi connectivity index (χ0) is 19.1. The van der Waals surface area contributed by atoms with Crippen molar-refractivity contribution in [1.82, 2.24) is 10.2 Å². The van der Waals surface area contributed by atoms with Gasteiger partial charge in [0.2, 0.25) is 0 Å². The lowest BCUT2D eigenvalue weighted by molar-refractivity contribution is 0.0322. The van der Waals surface area contributed by atoms with Crippen LogP contribution in [0, 0.1) is 6.92 Å². The quantitative estimate of drug-likeness (QED) is 0.783. The first-order valence-corrected chi connectivity index (χ1v) is 9.21. The summed E-state index contributed by atoms with van der Waals surface area (Å²) in [6.45, 7) is 7.18. The molecule has 2 aromatic rings. The number of phenolic OH excluding ortho intramolecular Hbond substituents is 1. The molecule has 144 valence electrons. The third kappa shape index (κ3) is 5.70. The first-order valence-electron chi connectivity index (χ1n) is 9.21. The highest BCUT2D eigenvalue weighted by molar-refractivity contribution is 5.96. The van der Waals surface area contributed by atoms with Gasteiger partial charge in [0.15, 0.2) is 0 Å². The van der Waals surface area contributed by atoms with Crippen molar-refractivity contribution in [2.45, 2.75) is 13.5 Å². The highest BCUT2D eigenvalue weighted by Crippen LogP contribution is 2.19. The fraction of sp³-hybridized carbons (Fsp3) is 0.381. The second-order valence-electron chi connectivity index (χ2n) is 6.65. The largest absolute Gasteiger partial charge is 0.507 e. The van der Waals surface area contributed by atoms with Crippen LogP contribution in [0.15, 0.2) is 42.5 Å². The van der Waals surface area contributed by atoms with E-state index in [1.54, 1.807) is 18.2 Å². The Labute approximate surface area is 159 Å². The van der Waals surface area contributed by atoms with Crippen molar-refractivity contribution in [3.8, 4) is 11.5 Å². The van der Waals surface area contributed by atoms with Gasteiger partial charge in [0.05, 0.1) is 18.8 Å². The number of carbonyl (C=O) groups excluding carboxylic acids is 1. The summed E-state index contributed by atoms with van der Waals surface area (Å²) in [7, 11) is 0. The molecule has 0 aromatic heterocycles. The van der Waals surface area contributed by atoms with E-state index in [9.17, 15) is 9.90 Å². The number of aromatic hydroxyl groups is 1. The van der Waals surface area contributed by atoms with Gasteiger partial charge in [-0.15, -0.1) is 0 Å². The summed E-state index contributed by atoms with van der Waals surface area (Å²) in [5.74, 6) is 0.479. The van der Waals surface area contributed by atoms with Crippen LogP contribution in [0.5, 0.6) is 11.5 Å². The zero-order valence-electron chi connectivity index (χ0n) is 15.6. The van der Waals surface area contributed by atoms with Gasteiger partial charge in [-0.05, 0) is 42.3 Å². The number of nitrogens with one attached hydrogen (secondary N) is 1. The Morgan fingerprint density at radius 3 is 2.81 bits per heavy atom. The van der Waals surface area contributed by atoms with Crippen molar-refractivity contribution in [1.29, 1.82) is 0 Å². The second kappa shape index (κ2) is 9.39. The molecule has 0 spiro atoms. The molecule has 3 rings (SSSR count). The van der Waals surface area contributed by atoms with Crippen LogP contribution in [-0.2, 0) is 11.3 Å². The number of amides is 1. The van der Waals surface area contributed by atoms with E-state index in [-0.39, 0.29) is 17.2 Å². The maximum atomic E-state index is 12.3. The van der Waals surface area contributed by atoms with Gasteiger partial charge >= 0.3 is 0 Å². The van der Waals surface area contributed by atoms with Crippen LogP contribution in [-0.4, -0.2) is 55.4 Å². The van der Waals surface area contributed by atoms with E-state index in [0.717, 1.165) is 49.7 Å². The van der Waals surface area contributed by atoms with Crippen molar-refractivity contribution < 1.29 is 19.4 Å². The summed E-state index contributed by atoms with van der Waals surface area (Å²) in [6, 6.07) is 12.7. The Hall–Kier alpha value is -2.57. The van der Waals surface area contributed by atoms with Crippen molar-refractivity contribution >= 4 is 5.91 Å². The van der Waals surface area contributed by atoms with Crippen LogP contribution < -0.4 is 10.1 Å². The van der Waals surface area contributed by atoms with E-state index in [2.05, 4.69) is 10.2 Å². The molecule has 2 aromatic carbocycles. The molecular weight excluding hydrogens is 344 g/mol. The summed E-state index contributed by atoms with van der Waals surface area (Å²) in [6.07, 6.45) is 0. The number of benzene rings is 2. The van der Waals surface area contributed by atoms with Crippen LogP contribution in [0.25, 0.3) is 0 Å². The predicted molar refractivity (Wildman–Crippen MR) is 103 cm³/mol. The molecule has 1 fully saturated rings. The molecule has 2 N–H and O–H groups in total. The van der Waals surface area contributed by atoms with E-state index in [0.29, 0.717) is 13.2 Å². The van der Waals surface area contributed by atoms with Crippen LogP contribution in [0.1, 0.15) is 21.5 Å². The molecule has 1 heterocycles. The average molecular weight is 370 g/mol. The van der Waals surface area contributed by atoms with Crippen LogP contribution in [0.4, 0.5) is 0 Å². The summed E-state index contributed by atoms with van der Waals surface area (Å²) < 4.78 is 11.2. The summed E-state index contributed by atoms with van der Waals surface area (Å²) in [5.41, 5.74) is 2.13. The molecule has 6 nitrogen and oxygen atoms in total. The Morgan fingerprint density at radius 1 is 1.22 bits per heavy atom. The number of aryl methyl sites for hydroxylation is 1. The minimum absolute atomic E-state index is 0.00676. The Kier molecular flexibility index (Phi) is 6.68. The van der Waals surface area contributed by atoms with Crippen molar-refractivity contribution in [3.05, 3.63) is 59.2 Å². The predicted octanol–water partition coefficient (Wildman–Crippen LogP) is 2.34. The fourth-order valence-corrected chi connectivity index (χ4v) is 2.97. The Morgan fingerprint density at radius 2 is 2.04 bits per heavy atom. The zero-order valence-corrected chi connectivity index (χ0v) is 15.6. The van der Waals surface area contributed by atoms with E-state index in [1.807, 2.05) is 31.2 Å². The molecule has 6 heteroatoms. The van der Waals surface area contributed by atoms with Crippen molar-refractivity contribution in [2.24, 2.45) is 0 Å². The van der Waals surface area contributed by atoms with E-state index in [4.69, 9.17) is 9.47 Å². The lowest BCUT2D eigenvalue weighted by atomic mass is 10.1. The molecule has 1 aliphatic rings. The molecule has 1 aliphatic heterocycles. The van der Waals surface area contributed by atoms with Gasteiger partial charge in [-0.2, -0.15) is 0 Å². The van der Waals surface area contributed by atoms with Gasteiger partial charge < -0.3 is 19.9 Å². The standard InChI is InChI=1S/C21H26N2O4/c1-16-5-6-19(20(24)13-16)21(25)22-15-17-3-2-4-18(14-17)27-12-9-23-7-10-26-11-8-23/h2-6,13-14,24H,7-12,15H2,1H3,(H,22,25). The number of morpholine rings is 1. The molecule has 0 bridgehead atoms. The molecule has 0 aliphatic carbocycles. The molecule has 0 radical (unpaired) electrons. The lowest BCUT2D eigenvalue weighted by Gasteiger charge is -2.26. The number of hydrogen-bond acceptors (Lipinski definition) is 5. The minimum Gasteiger partial charge on any atom is -0.507 e. The smallest absolute Gasteiger partial charge is 0.255 e. The summed E-state index contributed by atoms with van der Waals surface area (Å²) in [4.78, 5) is 14.6. The maximum absolute atomic E-state index is 12.3. The number of carbonyl (C=O) groups is 1. The first-order chi connectivity index (χ1) is 13.1.